The number of aromatic nitrogens is 1. The fourth-order valence-corrected chi connectivity index (χ4v) is 3.33. The fourth-order valence-electron chi connectivity index (χ4n) is 2.63. The zero-order valence-corrected chi connectivity index (χ0v) is 14.3. The SMILES string of the molecule is O=C(NCC(c1c[nH]c2ccccc12)[P+](=O)O)OCc1ccccc1. The lowest BCUT2D eigenvalue weighted by atomic mass is 10.1. The molecule has 0 fully saturated rings. The van der Waals surface area contributed by atoms with Gasteiger partial charge in [-0.3, -0.25) is 0 Å². The van der Waals surface area contributed by atoms with Gasteiger partial charge in [-0.1, -0.05) is 48.5 Å². The van der Waals surface area contributed by atoms with E-state index in [4.69, 9.17) is 4.74 Å². The van der Waals surface area contributed by atoms with Gasteiger partial charge < -0.3 is 15.0 Å². The van der Waals surface area contributed by atoms with Gasteiger partial charge in [-0.15, -0.1) is 0 Å². The van der Waals surface area contributed by atoms with Gasteiger partial charge in [0.15, 0.2) is 0 Å². The molecule has 3 aromatic rings. The summed E-state index contributed by atoms with van der Waals surface area (Å²) in [5, 5.41) is 3.43. The van der Waals surface area contributed by atoms with Crippen molar-refractivity contribution in [3.8, 4) is 0 Å². The van der Waals surface area contributed by atoms with Crippen molar-refractivity contribution in [1.29, 1.82) is 0 Å². The minimum atomic E-state index is -2.51. The highest BCUT2D eigenvalue weighted by molar-refractivity contribution is 7.38. The molecule has 7 heteroatoms. The fraction of sp³-hybridized carbons (Fsp3) is 0.167. The van der Waals surface area contributed by atoms with Crippen molar-refractivity contribution in [3.63, 3.8) is 0 Å². The van der Waals surface area contributed by atoms with Crippen molar-refractivity contribution in [1.82, 2.24) is 10.3 Å². The molecule has 0 saturated heterocycles. The highest BCUT2D eigenvalue weighted by atomic mass is 31.1. The van der Waals surface area contributed by atoms with Gasteiger partial charge in [0.25, 0.3) is 0 Å². The number of nitrogens with one attached hydrogen (secondary N) is 2. The van der Waals surface area contributed by atoms with Gasteiger partial charge in [0.05, 0.1) is 6.54 Å². The van der Waals surface area contributed by atoms with Crippen LogP contribution in [0.2, 0.25) is 0 Å². The molecule has 1 aromatic heterocycles. The predicted molar refractivity (Wildman–Crippen MR) is 95.5 cm³/mol. The van der Waals surface area contributed by atoms with Crippen LogP contribution in [0.25, 0.3) is 10.9 Å². The largest absolute Gasteiger partial charge is 0.515 e. The van der Waals surface area contributed by atoms with Crippen LogP contribution < -0.4 is 5.32 Å². The van der Waals surface area contributed by atoms with E-state index < -0.39 is 19.8 Å². The molecule has 2 aromatic carbocycles. The molecule has 0 aliphatic heterocycles. The monoisotopic (exact) mass is 357 g/mol. The summed E-state index contributed by atoms with van der Waals surface area (Å²) in [4.78, 5) is 24.6. The van der Waals surface area contributed by atoms with Crippen molar-refractivity contribution in [2.24, 2.45) is 0 Å². The second-order valence-electron chi connectivity index (χ2n) is 5.55. The van der Waals surface area contributed by atoms with E-state index in [9.17, 15) is 14.3 Å². The second kappa shape index (κ2) is 7.92. The Morgan fingerprint density at radius 1 is 1.16 bits per heavy atom. The number of rotatable bonds is 6. The molecular weight excluding hydrogens is 339 g/mol. The van der Waals surface area contributed by atoms with E-state index in [0.717, 1.165) is 16.5 Å². The van der Waals surface area contributed by atoms with Crippen LogP contribution >= 0.6 is 8.03 Å². The molecule has 3 N–H and O–H groups in total. The summed E-state index contributed by atoms with van der Waals surface area (Å²) in [5.74, 6) is 0. The zero-order valence-electron chi connectivity index (χ0n) is 13.4. The standard InChI is InChI=1S/C18H17N2O4P/c21-18(24-12-13-6-2-1-3-7-13)20-11-17(25(22)23)15-10-19-16-9-5-4-8-14(15)16/h1-10,17,19H,11-12H2,(H-,20,21,22,23)/p+1. The summed E-state index contributed by atoms with van der Waals surface area (Å²) in [5.41, 5.74) is 1.74. The predicted octanol–water partition coefficient (Wildman–Crippen LogP) is 3.87. The van der Waals surface area contributed by atoms with Gasteiger partial charge in [-0.05, 0) is 16.2 Å². The van der Waals surface area contributed by atoms with E-state index in [1.807, 2.05) is 54.6 Å². The van der Waals surface area contributed by atoms with Gasteiger partial charge >= 0.3 is 14.1 Å². The normalized spacial score (nSPS) is 12.6. The van der Waals surface area contributed by atoms with Gasteiger partial charge in [0.2, 0.25) is 5.66 Å². The highest BCUT2D eigenvalue weighted by Gasteiger charge is 2.33. The summed E-state index contributed by atoms with van der Waals surface area (Å²) in [6.07, 6.45) is 1.08. The maximum absolute atomic E-state index is 11.9. The Morgan fingerprint density at radius 3 is 2.64 bits per heavy atom. The molecule has 1 heterocycles. The van der Waals surface area contributed by atoms with Gasteiger partial charge in [0.1, 0.15) is 6.61 Å². The number of ether oxygens (including phenoxy) is 1. The average Bonchev–Trinajstić information content (AvgIpc) is 3.05. The molecule has 0 aliphatic carbocycles. The number of para-hydroxylation sites is 1. The Balaban J connectivity index is 1.63. The van der Waals surface area contributed by atoms with Crippen LogP contribution in [0, 0.1) is 0 Å². The van der Waals surface area contributed by atoms with E-state index >= 15 is 0 Å². The van der Waals surface area contributed by atoms with Crippen molar-refractivity contribution in [2.45, 2.75) is 12.3 Å². The lowest BCUT2D eigenvalue weighted by Crippen LogP contribution is -2.28. The first-order valence-corrected chi connectivity index (χ1v) is 9.09. The topological polar surface area (TPSA) is 91.4 Å². The number of carbonyl (C=O) groups is 1. The molecule has 0 bridgehead atoms. The molecule has 1 amide bonds. The molecule has 3 rings (SSSR count). The average molecular weight is 357 g/mol. The smallest absolute Gasteiger partial charge is 0.445 e. The Hall–Kier alpha value is -2.69. The zero-order chi connectivity index (χ0) is 17.6. The first-order chi connectivity index (χ1) is 12.1. The first kappa shape index (κ1) is 17.1. The molecule has 0 saturated carbocycles. The molecule has 2 unspecified atom stereocenters. The quantitative estimate of drug-likeness (QED) is 0.584. The number of aromatic amines is 1. The third-order valence-electron chi connectivity index (χ3n) is 3.90. The molecular formula is C18H18N2O4P+. The third-order valence-corrected chi connectivity index (χ3v) is 4.89. The van der Waals surface area contributed by atoms with Crippen LogP contribution in [0.15, 0.2) is 60.8 Å². The third kappa shape index (κ3) is 4.24. The molecule has 2 atom stereocenters. The van der Waals surface area contributed by atoms with E-state index in [1.54, 1.807) is 6.20 Å². The number of hydrogen-bond acceptors (Lipinski definition) is 3. The van der Waals surface area contributed by atoms with Crippen molar-refractivity contribution in [2.75, 3.05) is 6.54 Å². The van der Waals surface area contributed by atoms with Crippen LogP contribution in [-0.2, 0) is 15.9 Å². The molecule has 0 aliphatic rings. The Kier molecular flexibility index (Phi) is 5.43. The summed E-state index contributed by atoms with van der Waals surface area (Å²) in [6.45, 7) is 0.164. The highest BCUT2D eigenvalue weighted by Crippen LogP contribution is 2.40. The van der Waals surface area contributed by atoms with Crippen molar-refractivity contribution < 1.29 is 19.0 Å². The number of fused-ring (bicyclic) bond motifs is 1. The Morgan fingerprint density at radius 2 is 1.88 bits per heavy atom. The van der Waals surface area contributed by atoms with Gasteiger partial charge in [-0.2, -0.15) is 4.89 Å². The van der Waals surface area contributed by atoms with Crippen molar-refractivity contribution in [3.05, 3.63) is 71.9 Å². The summed E-state index contributed by atoms with van der Waals surface area (Å²) >= 11 is 0. The van der Waals surface area contributed by atoms with E-state index in [1.165, 1.54) is 0 Å². The Bertz CT molecular complexity index is 879. The number of H-pyrrole nitrogens is 1. The van der Waals surface area contributed by atoms with E-state index in [-0.39, 0.29) is 13.2 Å². The lowest BCUT2D eigenvalue weighted by molar-refractivity contribution is 0.139. The minimum Gasteiger partial charge on any atom is -0.445 e. The van der Waals surface area contributed by atoms with Crippen LogP contribution in [0.3, 0.4) is 0 Å². The van der Waals surface area contributed by atoms with Gasteiger partial charge in [0, 0.05) is 22.7 Å². The summed E-state index contributed by atoms with van der Waals surface area (Å²) < 4.78 is 16.9. The van der Waals surface area contributed by atoms with Crippen LogP contribution in [0.1, 0.15) is 16.8 Å². The number of amides is 1. The minimum absolute atomic E-state index is 0.0151. The second-order valence-corrected chi connectivity index (χ2v) is 6.78. The Labute approximate surface area is 145 Å². The number of hydrogen-bond donors (Lipinski definition) is 3. The molecule has 0 radical (unpaired) electrons. The summed E-state index contributed by atoms with van der Waals surface area (Å²) in [7, 11) is -2.51. The van der Waals surface area contributed by atoms with E-state index in [0.29, 0.717) is 5.56 Å². The number of alkyl carbamates (subject to hydrolysis) is 1. The maximum atomic E-state index is 11.9. The molecule has 128 valence electrons. The van der Waals surface area contributed by atoms with Crippen LogP contribution in [0.4, 0.5) is 4.79 Å². The lowest BCUT2D eigenvalue weighted by Gasteiger charge is -2.08. The molecule has 0 spiro atoms. The number of carbonyl (C=O) groups excluding carboxylic acids is 1. The molecule has 6 nitrogen and oxygen atoms in total. The maximum Gasteiger partial charge on any atom is 0.515 e. The van der Waals surface area contributed by atoms with E-state index in [2.05, 4.69) is 10.3 Å². The first-order valence-electron chi connectivity index (χ1n) is 7.81. The van der Waals surface area contributed by atoms with Crippen LogP contribution in [-0.4, -0.2) is 22.5 Å². The van der Waals surface area contributed by atoms with Gasteiger partial charge in [-0.25, -0.2) is 4.79 Å². The number of benzene rings is 2. The summed E-state index contributed by atoms with van der Waals surface area (Å²) in [6, 6.07) is 16.8. The van der Waals surface area contributed by atoms with Crippen molar-refractivity contribution >= 4 is 25.0 Å². The molecule has 25 heavy (non-hydrogen) atoms. The van der Waals surface area contributed by atoms with Crippen LogP contribution in [0.5, 0.6) is 0 Å².